The van der Waals surface area contributed by atoms with E-state index >= 15 is 0 Å². The molecule has 0 bridgehead atoms. The number of aromatic nitrogens is 2. The lowest BCUT2D eigenvalue weighted by Gasteiger charge is -1.99. The molecule has 0 aliphatic carbocycles. The van der Waals surface area contributed by atoms with Crippen LogP contribution in [0.25, 0.3) is 0 Å². The molecule has 0 saturated heterocycles. The number of nitrogens with zero attached hydrogens (tertiary/aromatic N) is 2. The molecule has 1 aromatic rings. The lowest BCUT2D eigenvalue weighted by atomic mass is 11.0. The van der Waals surface area contributed by atoms with Crippen molar-refractivity contribution < 1.29 is 0 Å². The fourth-order valence-electron chi connectivity index (χ4n) is 0.524. The van der Waals surface area contributed by atoms with Crippen LogP contribution in [0.1, 0.15) is 0 Å². The van der Waals surface area contributed by atoms with Gasteiger partial charge in [0.25, 0.3) is 0 Å². The van der Waals surface area contributed by atoms with E-state index in [1.165, 1.54) is 0 Å². The van der Waals surface area contributed by atoms with Gasteiger partial charge in [0.05, 0.1) is 6.33 Å². The first-order chi connectivity index (χ1) is 3.80. The van der Waals surface area contributed by atoms with Gasteiger partial charge in [-0.1, -0.05) is 13.1 Å². The van der Waals surface area contributed by atoms with Crippen molar-refractivity contribution in [3.05, 3.63) is 18.7 Å². The van der Waals surface area contributed by atoms with Gasteiger partial charge in [0, 0.05) is 12.4 Å². The second kappa shape index (κ2) is 2.13. The molecule has 0 amide bonds. The van der Waals surface area contributed by atoms with Gasteiger partial charge < -0.3 is 4.23 Å². The van der Waals surface area contributed by atoms with Gasteiger partial charge in [-0.3, -0.25) is 0 Å². The van der Waals surface area contributed by atoms with Crippen LogP contribution in [0.3, 0.4) is 0 Å². The van der Waals surface area contributed by atoms with Gasteiger partial charge in [-0.15, -0.1) is 0 Å². The van der Waals surface area contributed by atoms with Crippen molar-refractivity contribution in [3.63, 3.8) is 0 Å². The lowest BCUT2D eigenvalue weighted by Crippen LogP contribution is -2.12. The van der Waals surface area contributed by atoms with Gasteiger partial charge in [-0.2, -0.15) is 0 Å². The molecule has 0 spiro atoms. The van der Waals surface area contributed by atoms with Crippen LogP contribution in [-0.2, 0) is 0 Å². The van der Waals surface area contributed by atoms with E-state index in [0.717, 1.165) is 0 Å². The van der Waals surface area contributed by atoms with Gasteiger partial charge in [0.1, 0.15) is 0 Å². The number of rotatable bonds is 1. The minimum atomic E-state index is -0.315. The molecule has 0 unspecified atom stereocenters. The van der Waals surface area contributed by atoms with Gasteiger partial charge in [0.2, 0.25) is 0 Å². The minimum Gasteiger partial charge on any atom is -0.365 e. The Morgan fingerprint density at radius 2 is 2.25 bits per heavy atom. The zero-order valence-electron chi connectivity index (χ0n) is 5.13. The summed E-state index contributed by atoms with van der Waals surface area (Å²) < 4.78 is 2.16. The van der Waals surface area contributed by atoms with Crippen molar-refractivity contribution in [3.8, 4) is 0 Å². The normalized spacial score (nSPS) is 10.4. The number of imidazole rings is 1. The molecule has 0 aromatic carbocycles. The second-order valence-electron chi connectivity index (χ2n) is 1.92. The fraction of sp³-hybridized carbons (Fsp3) is 0.400. The first-order valence-electron chi connectivity index (χ1n) is 2.59. The molecule has 1 rings (SSSR count). The summed E-state index contributed by atoms with van der Waals surface area (Å²) in [5.74, 6) is 0. The molecule has 0 aliphatic rings. The average Bonchev–Trinajstić information content (AvgIpc) is 2.12. The third-order valence-corrected chi connectivity index (χ3v) is 2.32. The highest BCUT2D eigenvalue weighted by Crippen LogP contribution is 1.87. The molecule has 43 valence electrons. The van der Waals surface area contributed by atoms with Crippen molar-refractivity contribution in [1.29, 1.82) is 0 Å². The van der Waals surface area contributed by atoms with E-state index in [1.807, 2.05) is 18.7 Å². The third-order valence-electron chi connectivity index (χ3n) is 1.02. The lowest BCUT2D eigenvalue weighted by molar-refractivity contribution is 1.16. The summed E-state index contributed by atoms with van der Waals surface area (Å²) in [4.78, 5) is 3.93. The molecule has 0 saturated carbocycles. The predicted octanol–water partition coefficient (Wildman–Crippen LogP) is 0.982. The summed E-state index contributed by atoms with van der Waals surface area (Å²) in [6, 6.07) is 0. The van der Waals surface area contributed by atoms with E-state index in [4.69, 9.17) is 0 Å². The van der Waals surface area contributed by atoms with Crippen molar-refractivity contribution in [1.82, 2.24) is 9.22 Å². The standard InChI is InChI=1S/C5H9N2Si/c1-8(2)7-4-3-6-5-7/h3-5H,1-2H3. The zero-order valence-corrected chi connectivity index (χ0v) is 6.13. The van der Waals surface area contributed by atoms with E-state index in [-0.39, 0.29) is 8.96 Å². The first kappa shape index (κ1) is 5.56. The molecular formula is C5H9N2Si. The second-order valence-corrected chi connectivity index (χ2v) is 4.33. The van der Waals surface area contributed by atoms with Crippen molar-refractivity contribution in [2.75, 3.05) is 0 Å². The zero-order chi connectivity index (χ0) is 5.98. The smallest absolute Gasteiger partial charge is 0.169 e. The van der Waals surface area contributed by atoms with Crippen LogP contribution in [0.5, 0.6) is 0 Å². The summed E-state index contributed by atoms with van der Waals surface area (Å²) in [5, 5.41) is 0. The van der Waals surface area contributed by atoms with Gasteiger partial charge in [-0.25, -0.2) is 4.98 Å². The highest BCUT2D eigenvalue weighted by molar-refractivity contribution is 6.53. The maximum absolute atomic E-state index is 3.93. The topological polar surface area (TPSA) is 17.8 Å². The van der Waals surface area contributed by atoms with Crippen LogP contribution in [0, 0.1) is 0 Å². The Labute approximate surface area is 50.9 Å². The molecule has 1 heterocycles. The van der Waals surface area contributed by atoms with Crippen molar-refractivity contribution >= 4 is 8.96 Å². The SMILES string of the molecule is C[Si](C)n1ccnc1. The Balaban J connectivity index is 2.77. The highest BCUT2D eigenvalue weighted by Gasteiger charge is 1.94. The largest absolute Gasteiger partial charge is 0.365 e. The highest BCUT2D eigenvalue weighted by atomic mass is 28.3. The summed E-state index contributed by atoms with van der Waals surface area (Å²) >= 11 is 0. The molecule has 0 N–H and O–H groups in total. The minimum absolute atomic E-state index is 0.315. The Hall–Kier alpha value is -0.573. The Bertz CT molecular complexity index is 145. The maximum atomic E-state index is 3.93. The molecule has 0 fully saturated rings. The van der Waals surface area contributed by atoms with Crippen LogP contribution < -0.4 is 0 Å². The number of hydrogen-bond acceptors (Lipinski definition) is 1. The molecule has 0 atom stereocenters. The van der Waals surface area contributed by atoms with Crippen LogP contribution in [0.2, 0.25) is 13.1 Å². The van der Waals surface area contributed by atoms with E-state index in [0.29, 0.717) is 0 Å². The van der Waals surface area contributed by atoms with Crippen molar-refractivity contribution in [2.45, 2.75) is 13.1 Å². The molecular weight excluding hydrogens is 116 g/mol. The van der Waals surface area contributed by atoms with E-state index in [1.54, 1.807) is 0 Å². The molecule has 2 nitrogen and oxygen atoms in total. The third kappa shape index (κ3) is 0.978. The Morgan fingerprint density at radius 3 is 2.50 bits per heavy atom. The van der Waals surface area contributed by atoms with Crippen LogP contribution >= 0.6 is 0 Å². The van der Waals surface area contributed by atoms with E-state index < -0.39 is 0 Å². The number of hydrogen-bond donors (Lipinski definition) is 0. The summed E-state index contributed by atoms with van der Waals surface area (Å²) in [6.45, 7) is 4.46. The van der Waals surface area contributed by atoms with E-state index in [9.17, 15) is 0 Å². The fourth-order valence-corrected chi connectivity index (χ4v) is 1.19. The molecule has 8 heavy (non-hydrogen) atoms. The van der Waals surface area contributed by atoms with Crippen LogP contribution in [0.15, 0.2) is 18.7 Å². The van der Waals surface area contributed by atoms with Gasteiger partial charge in [0.15, 0.2) is 8.96 Å². The molecule has 1 radical (unpaired) electrons. The summed E-state index contributed by atoms with van der Waals surface area (Å²) in [7, 11) is -0.315. The van der Waals surface area contributed by atoms with Gasteiger partial charge in [-0.05, 0) is 0 Å². The molecule has 0 aliphatic heterocycles. The molecule has 1 aromatic heterocycles. The quantitative estimate of drug-likeness (QED) is 0.512. The summed E-state index contributed by atoms with van der Waals surface area (Å²) in [5.41, 5.74) is 0. The summed E-state index contributed by atoms with van der Waals surface area (Å²) in [6.07, 6.45) is 5.69. The van der Waals surface area contributed by atoms with Crippen LogP contribution in [-0.4, -0.2) is 18.2 Å². The predicted molar refractivity (Wildman–Crippen MR) is 35.1 cm³/mol. The first-order valence-corrected chi connectivity index (χ1v) is 5.04. The van der Waals surface area contributed by atoms with E-state index in [2.05, 4.69) is 22.3 Å². The average molecular weight is 125 g/mol. The van der Waals surface area contributed by atoms with Crippen molar-refractivity contribution in [2.24, 2.45) is 0 Å². The van der Waals surface area contributed by atoms with Gasteiger partial charge >= 0.3 is 0 Å². The van der Waals surface area contributed by atoms with Crippen LogP contribution in [0.4, 0.5) is 0 Å². The Morgan fingerprint density at radius 1 is 1.50 bits per heavy atom. The molecule has 3 heteroatoms. The Kier molecular flexibility index (Phi) is 1.48. The maximum Gasteiger partial charge on any atom is 0.169 e. The monoisotopic (exact) mass is 125 g/mol.